The van der Waals surface area contributed by atoms with Crippen LogP contribution in [0.4, 0.5) is 22.0 Å². The average molecular weight is 475 g/mol. The highest BCUT2D eigenvalue weighted by molar-refractivity contribution is 5.66. The highest BCUT2D eigenvalue weighted by Crippen LogP contribution is 2.40. The largest absolute Gasteiger partial charge is 0.330 e. The molecule has 3 nitrogen and oxygen atoms in total. The first-order valence-electron chi connectivity index (χ1n) is 11.0. The normalized spacial score (nSPS) is 12.9. The fourth-order valence-corrected chi connectivity index (χ4v) is 4.12. The lowest BCUT2D eigenvalue weighted by Crippen LogP contribution is -2.42. The molecule has 0 aliphatic rings. The quantitative estimate of drug-likeness (QED) is 0.0991. The second kappa shape index (κ2) is 12.4. The van der Waals surface area contributed by atoms with Gasteiger partial charge in [0, 0.05) is 21.3 Å². The molecule has 2 aromatic rings. The molecule has 8 heteroatoms. The van der Waals surface area contributed by atoms with Crippen LogP contribution in [-0.4, -0.2) is 27.3 Å². The van der Waals surface area contributed by atoms with Gasteiger partial charge in [-0.3, -0.25) is 0 Å². The molecule has 0 spiro atoms. The van der Waals surface area contributed by atoms with Crippen molar-refractivity contribution in [1.29, 1.82) is 0 Å². The zero-order chi connectivity index (χ0) is 24.6. The number of ether oxygens (including phenoxy) is 3. The third-order valence-electron chi connectivity index (χ3n) is 5.91. The van der Waals surface area contributed by atoms with Crippen LogP contribution in [0.3, 0.4) is 0 Å². The Kier molecular flexibility index (Phi) is 10.3. The summed E-state index contributed by atoms with van der Waals surface area (Å²) in [5, 5.41) is 0. The van der Waals surface area contributed by atoms with Gasteiger partial charge < -0.3 is 14.2 Å². The Morgan fingerprint density at radius 1 is 0.727 bits per heavy atom. The summed E-state index contributed by atoms with van der Waals surface area (Å²) in [6.07, 6.45) is 6.80. The Morgan fingerprint density at radius 2 is 1.24 bits per heavy atom. The molecule has 33 heavy (non-hydrogen) atoms. The minimum Gasteiger partial charge on any atom is -0.330 e. The van der Waals surface area contributed by atoms with E-state index < -0.39 is 46.5 Å². The standard InChI is InChI=1S/C25H31F5O3/c1-5-6-7-8-9-10-14-18(25(31-2,32-3)33-4)16-12-11-13-17(15-16)19-20(26)22(28)24(30)23(29)21(19)27/h11-13,15,18H,5-10,14H2,1-4H3. The zero-order valence-corrected chi connectivity index (χ0v) is 19.5. The number of benzene rings is 2. The Hall–Kier alpha value is -2.03. The molecule has 0 radical (unpaired) electrons. The van der Waals surface area contributed by atoms with Crippen LogP contribution in [0.5, 0.6) is 0 Å². The third-order valence-corrected chi connectivity index (χ3v) is 5.91. The van der Waals surface area contributed by atoms with E-state index in [1.807, 2.05) is 0 Å². The van der Waals surface area contributed by atoms with Gasteiger partial charge in [-0.05, 0) is 17.5 Å². The monoisotopic (exact) mass is 474 g/mol. The molecule has 0 heterocycles. The van der Waals surface area contributed by atoms with Gasteiger partial charge in [0.2, 0.25) is 5.82 Å². The molecule has 0 amide bonds. The molecular weight excluding hydrogens is 443 g/mol. The highest BCUT2D eigenvalue weighted by atomic mass is 19.2. The van der Waals surface area contributed by atoms with Crippen LogP contribution in [0.2, 0.25) is 0 Å². The summed E-state index contributed by atoms with van der Waals surface area (Å²) >= 11 is 0. The molecule has 0 N–H and O–H groups in total. The van der Waals surface area contributed by atoms with Crippen molar-refractivity contribution in [2.45, 2.75) is 63.8 Å². The Bertz CT molecular complexity index is 878. The van der Waals surface area contributed by atoms with Gasteiger partial charge >= 0.3 is 0 Å². The summed E-state index contributed by atoms with van der Waals surface area (Å²) in [5.41, 5.74) is -0.606. The van der Waals surface area contributed by atoms with E-state index >= 15 is 0 Å². The van der Waals surface area contributed by atoms with Crippen LogP contribution in [-0.2, 0) is 14.2 Å². The molecule has 0 bridgehead atoms. The number of rotatable bonds is 13. The number of halogens is 5. The van der Waals surface area contributed by atoms with Gasteiger partial charge in [0.25, 0.3) is 5.97 Å². The number of methoxy groups -OCH3 is 3. The molecule has 184 valence electrons. The van der Waals surface area contributed by atoms with Crippen molar-refractivity contribution >= 4 is 0 Å². The highest BCUT2D eigenvalue weighted by Gasteiger charge is 2.41. The Morgan fingerprint density at radius 3 is 1.79 bits per heavy atom. The van der Waals surface area contributed by atoms with Gasteiger partial charge in [0.05, 0.1) is 11.5 Å². The molecule has 1 atom stereocenters. The molecule has 0 aliphatic heterocycles. The van der Waals surface area contributed by atoms with Crippen LogP contribution in [0.25, 0.3) is 11.1 Å². The summed E-state index contributed by atoms with van der Waals surface area (Å²) in [6.45, 7) is 2.14. The van der Waals surface area contributed by atoms with Crippen LogP contribution in [0, 0.1) is 29.1 Å². The molecule has 2 rings (SSSR count). The van der Waals surface area contributed by atoms with Crippen molar-refractivity contribution in [1.82, 2.24) is 0 Å². The Labute approximate surface area is 191 Å². The summed E-state index contributed by atoms with van der Waals surface area (Å²) < 4.78 is 86.5. The van der Waals surface area contributed by atoms with E-state index in [-0.39, 0.29) is 5.56 Å². The van der Waals surface area contributed by atoms with Crippen molar-refractivity contribution in [3.8, 4) is 11.1 Å². The van der Waals surface area contributed by atoms with Crippen LogP contribution >= 0.6 is 0 Å². The lowest BCUT2D eigenvalue weighted by Gasteiger charge is -2.37. The molecule has 0 saturated heterocycles. The molecule has 0 saturated carbocycles. The predicted molar refractivity (Wildman–Crippen MR) is 116 cm³/mol. The zero-order valence-electron chi connectivity index (χ0n) is 19.5. The van der Waals surface area contributed by atoms with Gasteiger partial charge in [0.1, 0.15) is 0 Å². The van der Waals surface area contributed by atoms with Crippen LogP contribution < -0.4 is 0 Å². The summed E-state index contributed by atoms with van der Waals surface area (Å²) in [7, 11) is 4.24. The molecule has 0 fully saturated rings. The number of unbranched alkanes of at least 4 members (excludes halogenated alkanes) is 5. The minimum absolute atomic E-state index is 0.148. The summed E-state index contributed by atoms with van der Waals surface area (Å²) in [5.74, 6) is -11.9. The van der Waals surface area contributed by atoms with Gasteiger partial charge in [-0.25, -0.2) is 22.0 Å². The van der Waals surface area contributed by atoms with Gasteiger partial charge in [-0.15, -0.1) is 0 Å². The van der Waals surface area contributed by atoms with Crippen molar-refractivity contribution in [2.75, 3.05) is 21.3 Å². The Balaban J connectivity index is 2.47. The maximum Gasteiger partial charge on any atom is 0.289 e. The van der Waals surface area contributed by atoms with Crippen molar-refractivity contribution < 1.29 is 36.2 Å². The average Bonchev–Trinajstić information content (AvgIpc) is 2.84. The topological polar surface area (TPSA) is 27.7 Å². The van der Waals surface area contributed by atoms with Crippen molar-refractivity contribution in [2.24, 2.45) is 0 Å². The minimum atomic E-state index is -2.19. The first-order chi connectivity index (χ1) is 15.8. The van der Waals surface area contributed by atoms with E-state index in [1.165, 1.54) is 39.5 Å². The van der Waals surface area contributed by atoms with E-state index in [4.69, 9.17) is 14.2 Å². The fourth-order valence-electron chi connectivity index (χ4n) is 4.12. The lowest BCUT2D eigenvalue weighted by atomic mass is 9.88. The predicted octanol–water partition coefficient (Wildman–Crippen LogP) is 7.48. The maximum atomic E-state index is 14.4. The second-order valence-electron chi connectivity index (χ2n) is 7.90. The number of hydrogen-bond donors (Lipinski definition) is 0. The smallest absolute Gasteiger partial charge is 0.289 e. The molecular formula is C25H31F5O3. The molecule has 2 aromatic carbocycles. The van der Waals surface area contributed by atoms with Crippen LogP contribution in [0.15, 0.2) is 24.3 Å². The van der Waals surface area contributed by atoms with Gasteiger partial charge in [-0.2, -0.15) is 0 Å². The molecule has 0 aromatic heterocycles. The first kappa shape index (κ1) is 27.2. The van der Waals surface area contributed by atoms with Gasteiger partial charge in [0.15, 0.2) is 23.3 Å². The molecule has 1 unspecified atom stereocenters. The maximum absolute atomic E-state index is 14.4. The van der Waals surface area contributed by atoms with E-state index in [0.717, 1.165) is 38.5 Å². The number of hydrogen-bond acceptors (Lipinski definition) is 3. The summed E-state index contributed by atoms with van der Waals surface area (Å²) in [4.78, 5) is 0. The first-order valence-corrected chi connectivity index (χ1v) is 11.0. The summed E-state index contributed by atoms with van der Waals surface area (Å²) in [6, 6.07) is 5.84. The van der Waals surface area contributed by atoms with Crippen molar-refractivity contribution in [3.05, 3.63) is 58.9 Å². The lowest BCUT2D eigenvalue weighted by molar-refractivity contribution is -0.365. The van der Waals surface area contributed by atoms with E-state index in [0.29, 0.717) is 12.0 Å². The van der Waals surface area contributed by atoms with Crippen LogP contribution in [0.1, 0.15) is 63.4 Å². The molecule has 0 aliphatic carbocycles. The SMILES string of the molecule is CCCCCCCCC(c1cccc(-c2c(F)c(F)c(F)c(F)c2F)c1)C(OC)(OC)OC. The van der Waals surface area contributed by atoms with E-state index in [2.05, 4.69) is 6.92 Å². The van der Waals surface area contributed by atoms with Crippen molar-refractivity contribution in [3.63, 3.8) is 0 Å². The fraction of sp³-hybridized carbons (Fsp3) is 0.520. The second-order valence-corrected chi connectivity index (χ2v) is 7.90. The van der Waals surface area contributed by atoms with E-state index in [9.17, 15) is 22.0 Å². The third kappa shape index (κ3) is 5.91. The van der Waals surface area contributed by atoms with Gasteiger partial charge in [-0.1, -0.05) is 69.7 Å². The van der Waals surface area contributed by atoms with E-state index in [1.54, 1.807) is 6.07 Å².